The van der Waals surface area contributed by atoms with E-state index in [1.165, 1.54) is 18.2 Å². The zero-order valence-electron chi connectivity index (χ0n) is 11.2. The Bertz CT molecular complexity index is 748. The van der Waals surface area contributed by atoms with E-state index in [1.54, 1.807) is 24.3 Å². The molecule has 0 fully saturated rings. The minimum atomic E-state index is -3.68. The summed E-state index contributed by atoms with van der Waals surface area (Å²) in [5, 5.41) is 8.26. The number of rotatable bonds is 4. The van der Waals surface area contributed by atoms with Crippen LogP contribution in [0.15, 0.2) is 51.8 Å². The summed E-state index contributed by atoms with van der Waals surface area (Å²) in [6.07, 6.45) is 0. The SMILES string of the molecule is CC(Nc1ccc(F)c(Br)c1)c1ccc(S(N)(=O)=O)cc1. The molecule has 7 heteroatoms. The van der Waals surface area contributed by atoms with E-state index < -0.39 is 10.0 Å². The lowest BCUT2D eigenvalue weighted by molar-refractivity contribution is 0.597. The van der Waals surface area contributed by atoms with E-state index in [1.807, 2.05) is 6.92 Å². The topological polar surface area (TPSA) is 72.2 Å². The maximum Gasteiger partial charge on any atom is 0.238 e. The van der Waals surface area contributed by atoms with E-state index in [2.05, 4.69) is 21.2 Å². The van der Waals surface area contributed by atoms with Crippen LogP contribution in [0.5, 0.6) is 0 Å². The quantitative estimate of drug-likeness (QED) is 0.863. The Hall–Kier alpha value is -1.44. The maximum atomic E-state index is 13.2. The fraction of sp³-hybridized carbons (Fsp3) is 0.143. The van der Waals surface area contributed by atoms with Crippen molar-refractivity contribution in [3.63, 3.8) is 0 Å². The molecule has 21 heavy (non-hydrogen) atoms. The third-order valence-corrected chi connectivity index (χ3v) is 4.55. The van der Waals surface area contributed by atoms with Gasteiger partial charge in [0.05, 0.1) is 9.37 Å². The van der Waals surface area contributed by atoms with Crippen LogP contribution in [0.25, 0.3) is 0 Å². The van der Waals surface area contributed by atoms with Crippen LogP contribution in [0, 0.1) is 5.82 Å². The van der Waals surface area contributed by atoms with Gasteiger partial charge in [-0.15, -0.1) is 0 Å². The van der Waals surface area contributed by atoms with Crippen molar-refractivity contribution in [2.75, 3.05) is 5.32 Å². The lowest BCUT2D eigenvalue weighted by atomic mass is 10.1. The Morgan fingerprint density at radius 3 is 2.33 bits per heavy atom. The predicted molar refractivity (Wildman–Crippen MR) is 84.0 cm³/mol. The number of nitrogens with one attached hydrogen (secondary N) is 1. The molecule has 2 aromatic rings. The van der Waals surface area contributed by atoms with Gasteiger partial charge < -0.3 is 5.32 Å². The minimum absolute atomic E-state index is 0.0722. The molecule has 4 nitrogen and oxygen atoms in total. The van der Waals surface area contributed by atoms with E-state index in [0.717, 1.165) is 11.3 Å². The molecule has 0 saturated carbocycles. The van der Waals surface area contributed by atoms with Crippen LogP contribution in [0.1, 0.15) is 18.5 Å². The van der Waals surface area contributed by atoms with E-state index in [-0.39, 0.29) is 16.8 Å². The van der Waals surface area contributed by atoms with E-state index in [9.17, 15) is 12.8 Å². The van der Waals surface area contributed by atoms with E-state index in [4.69, 9.17) is 5.14 Å². The summed E-state index contributed by atoms with van der Waals surface area (Å²) in [7, 11) is -3.68. The van der Waals surface area contributed by atoms with Gasteiger partial charge >= 0.3 is 0 Å². The van der Waals surface area contributed by atoms with Crippen molar-refractivity contribution in [3.05, 3.63) is 58.3 Å². The first-order valence-electron chi connectivity index (χ1n) is 6.12. The van der Waals surface area contributed by atoms with Gasteiger partial charge in [-0.2, -0.15) is 0 Å². The van der Waals surface area contributed by atoms with Gasteiger partial charge in [0, 0.05) is 11.7 Å². The van der Waals surface area contributed by atoms with E-state index in [0.29, 0.717) is 4.47 Å². The molecule has 0 aromatic heterocycles. The lowest BCUT2D eigenvalue weighted by Crippen LogP contribution is -2.12. The van der Waals surface area contributed by atoms with Crippen LogP contribution in [0.3, 0.4) is 0 Å². The standard InChI is InChI=1S/C14H14BrFN2O2S/c1-9(18-11-4-7-14(16)13(15)8-11)10-2-5-12(6-3-10)21(17,19)20/h2-9,18H,1H3,(H2,17,19,20). The Kier molecular flexibility index (Phi) is 4.65. The smallest absolute Gasteiger partial charge is 0.238 e. The molecule has 0 saturated heterocycles. The Morgan fingerprint density at radius 2 is 1.81 bits per heavy atom. The van der Waals surface area contributed by atoms with Gasteiger partial charge in [-0.25, -0.2) is 17.9 Å². The number of sulfonamides is 1. The van der Waals surface area contributed by atoms with Crippen LogP contribution in [0.4, 0.5) is 10.1 Å². The Morgan fingerprint density at radius 1 is 1.19 bits per heavy atom. The number of benzene rings is 2. The molecular weight excluding hydrogens is 359 g/mol. The first-order valence-corrected chi connectivity index (χ1v) is 8.45. The molecule has 0 spiro atoms. The Labute approximate surface area is 131 Å². The minimum Gasteiger partial charge on any atom is -0.378 e. The number of primary sulfonamides is 1. The highest BCUT2D eigenvalue weighted by Crippen LogP contribution is 2.24. The van der Waals surface area contributed by atoms with Crippen LogP contribution in [0.2, 0.25) is 0 Å². The fourth-order valence-electron chi connectivity index (χ4n) is 1.87. The predicted octanol–water partition coefficient (Wildman–Crippen LogP) is 3.41. The summed E-state index contributed by atoms with van der Waals surface area (Å²) in [5.74, 6) is -0.328. The average molecular weight is 373 g/mol. The zero-order chi connectivity index (χ0) is 15.6. The second-order valence-corrected chi connectivity index (χ2v) is 7.02. The first kappa shape index (κ1) is 15.9. The number of halogens is 2. The molecule has 0 aliphatic carbocycles. The monoisotopic (exact) mass is 372 g/mol. The number of anilines is 1. The average Bonchev–Trinajstić information content (AvgIpc) is 2.42. The molecule has 3 N–H and O–H groups in total. The van der Waals surface area contributed by atoms with Gasteiger partial charge in [0.2, 0.25) is 10.0 Å². The molecule has 1 unspecified atom stereocenters. The first-order chi connectivity index (χ1) is 9.77. The largest absolute Gasteiger partial charge is 0.378 e. The van der Waals surface area contributed by atoms with Gasteiger partial charge in [0.1, 0.15) is 5.82 Å². The molecule has 0 aliphatic rings. The maximum absolute atomic E-state index is 13.2. The normalized spacial score (nSPS) is 13.0. The van der Waals surface area contributed by atoms with Crippen LogP contribution < -0.4 is 10.5 Å². The third kappa shape index (κ3) is 4.03. The summed E-state index contributed by atoms with van der Waals surface area (Å²) in [6.45, 7) is 1.92. The highest BCUT2D eigenvalue weighted by atomic mass is 79.9. The number of nitrogens with two attached hydrogens (primary N) is 1. The van der Waals surface area contributed by atoms with Crippen molar-refractivity contribution >= 4 is 31.6 Å². The van der Waals surface area contributed by atoms with Gasteiger partial charge in [-0.05, 0) is 58.7 Å². The summed E-state index contributed by atoms with van der Waals surface area (Å²) >= 11 is 3.13. The van der Waals surface area contributed by atoms with E-state index >= 15 is 0 Å². The van der Waals surface area contributed by atoms with Gasteiger partial charge in [0.15, 0.2) is 0 Å². The van der Waals surface area contributed by atoms with Crippen LogP contribution in [-0.4, -0.2) is 8.42 Å². The molecule has 0 heterocycles. The summed E-state index contributed by atoms with van der Waals surface area (Å²) < 4.78 is 35.9. The van der Waals surface area contributed by atoms with Gasteiger partial charge in [-0.3, -0.25) is 0 Å². The summed E-state index contributed by atoms with van der Waals surface area (Å²) in [5.41, 5.74) is 1.65. The van der Waals surface area contributed by atoms with Crippen LogP contribution >= 0.6 is 15.9 Å². The van der Waals surface area contributed by atoms with Crippen molar-refractivity contribution in [3.8, 4) is 0 Å². The third-order valence-electron chi connectivity index (χ3n) is 3.01. The molecule has 2 aromatic carbocycles. The Balaban J connectivity index is 2.16. The highest BCUT2D eigenvalue weighted by Gasteiger charge is 2.10. The molecule has 2 rings (SSSR count). The second kappa shape index (κ2) is 6.13. The molecule has 1 atom stereocenters. The molecule has 0 bridgehead atoms. The lowest BCUT2D eigenvalue weighted by Gasteiger charge is -2.16. The molecule has 0 aliphatic heterocycles. The van der Waals surface area contributed by atoms with Crippen molar-refractivity contribution in [1.29, 1.82) is 0 Å². The van der Waals surface area contributed by atoms with Gasteiger partial charge in [-0.1, -0.05) is 12.1 Å². The van der Waals surface area contributed by atoms with Crippen molar-refractivity contribution in [1.82, 2.24) is 0 Å². The molecule has 0 radical (unpaired) electrons. The zero-order valence-corrected chi connectivity index (χ0v) is 13.6. The fourth-order valence-corrected chi connectivity index (χ4v) is 2.76. The summed E-state index contributed by atoms with van der Waals surface area (Å²) in [4.78, 5) is 0.0722. The van der Waals surface area contributed by atoms with Crippen molar-refractivity contribution in [2.45, 2.75) is 17.9 Å². The van der Waals surface area contributed by atoms with Crippen molar-refractivity contribution < 1.29 is 12.8 Å². The molecule has 0 amide bonds. The highest BCUT2D eigenvalue weighted by molar-refractivity contribution is 9.10. The summed E-state index contributed by atoms with van der Waals surface area (Å²) in [6, 6.07) is 10.9. The number of hydrogen-bond acceptors (Lipinski definition) is 3. The van der Waals surface area contributed by atoms with Gasteiger partial charge in [0.25, 0.3) is 0 Å². The van der Waals surface area contributed by atoms with Crippen LogP contribution in [-0.2, 0) is 10.0 Å². The molecular formula is C14H14BrFN2O2S. The van der Waals surface area contributed by atoms with Crippen molar-refractivity contribution in [2.24, 2.45) is 5.14 Å². The number of hydrogen-bond donors (Lipinski definition) is 2. The second-order valence-electron chi connectivity index (χ2n) is 4.61. The molecule has 112 valence electrons.